The van der Waals surface area contributed by atoms with Gasteiger partial charge in [-0.3, -0.25) is 9.89 Å². The van der Waals surface area contributed by atoms with Crippen LogP contribution in [0.25, 0.3) is 0 Å². The molecule has 2 aromatic carbocycles. The SMILES string of the molecule is I.NC(=NCC(O)CN1CCc2ccccc2C1)Nc1cccc2c1CCCC2. The number of halogens is 1. The summed E-state index contributed by atoms with van der Waals surface area (Å²) in [6, 6.07) is 14.9. The van der Waals surface area contributed by atoms with Crippen LogP contribution in [0.3, 0.4) is 0 Å². The maximum Gasteiger partial charge on any atom is 0.193 e. The number of nitrogens with zero attached hydrogens (tertiary/aromatic N) is 2. The molecule has 156 valence electrons. The highest BCUT2D eigenvalue weighted by molar-refractivity contribution is 14.0. The Morgan fingerprint density at radius 1 is 1.03 bits per heavy atom. The Kier molecular flexibility index (Phi) is 7.91. The summed E-state index contributed by atoms with van der Waals surface area (Å²) in [5.41, 5.74) is 12.7. The van der Waals surface area contributed by atoms with E-state index in [9.17, 15) is 5.11 Å². The first-order valence-electron chi connectivity index (χ1n) is 10.3. The number of aliphatic hydroxyl groups is 1. The van der Waals surface area contributed by atoms with Gasteiger partial charge in [0.1, 0.15) is 0 Å². The molecule has 1 heterocycles. The van der Waals surface area contributed by atoms with Crippen LogP contribution in [-0.4, -0.2) is 41.7 Å². The van der Waals surface area contributed by atoms with Gasteiger partial charge in [0.15, 0.2) is 5.96 Å². The second-order valence-electron chi connectivity index (χ2n) is 7.91. The van der Waals surface area contributed by atoms with E-state index in [1.165, 1.54) is 35.1 Å². The topological polar surface area (TPSA) is 73.9 Å². The minimum Gasteiger partial charge on any atom is -0.390 e. The van der Waals surface area contributed by atoms with Crippen molar-refractivity contribution in [3.8, 4) is 0 Å². The highest BCUT2D eigenvalue weighted by Crippen LogP contribution is 2.27. The molecule has 0 radical (unpaired) electrons. The Morgan fingerprint density at radius 2 is 1.79 bits per heavy atom. The predicted octanol–water partition coefficient (Wildman–Crippen LogP) is 3.33. The van der Waals surface area contributed by atoms with Gasteiger partial charge in [0.2, 0.25) is 0 Å². The smallest absolute Gasteiger partial charge is 0.193 e. The van der Waals surface area contributed by atoms with E-state index in [1.54, 1.807) is 0 Å². The van der Waals surface area contributed by atoms with Crippen molar-refractivity contribution < 1.29 is 5.11 Å². The molecule has 0 aromatic heterocycles. The Bertz CT molecular complexity index is 855. The van der Waals surface area contributed by atoms with Crippen molar-refractivity contribution in [1.29, 1.82) is 0 Å². The van der Waals surface area contributed by atoms with E-state index in [2.05, 4.69) is 57.7 Å². The van der Waals surface area contributed by atoms with Gasteiger partial charge >= 0.3 is 0 Å². The monoisotopic (exact) mass is 506 g/mol. The molecule has 1 atom stereocenters. The van der Waals surface area contributed by atoms with Gasteiger partial charge in [0, 0.05) is 25.3 Å². The van der Waals surface area contributed by atoms with Crippen LogP contribution in [0, 0.1) is 0 Å². The van der Waals surface area contributed by atoms with Crippen LogP contribution in [0.1, 0.15) is 35.1 Å². The molecule has 0 spiro atoms. The van der Waals surface area contributed by atoms with Gasteiger partial charge in [0.25, 0.3) is 0 Å². The summed E-state index contributed by atoms with van der Waals surface area (Å²) >= 11 is 0. The Balaban J connectivity index is 0.00000240. The molecule has 0 fully saturated rings. The number of aryl methyl sites for hydroxylation is 1. The standard InChI is InChI=1S/C23H30N4O.HI/c24-23(26-22-11-5-9-18-7-3-4-10-21(18)22)25-14-20(28)16-27-13-12-17-6-1-2-8-19(17)15-27;/h1-2,5-6,8-9,11,20,28H,3-4,7,10,12-16H2,(H3,24,25,26);1H. The van der Waals surface area contributed by atoms with E-state index < -0.39 is 6.10 Å². The van der Waals surface area contributed by atoms with Gasteiger partial charge in [-0.2, -0.15) is 0 Å². The fourth-order valence-corrected chi connectivity index (χ4v) is 4.35. The zero-order valence-corrected chi connectivity index (χ0v) is 19.1. The lowest BCUT2D eigenvalue weighted by atomic mass is 9.90. The van der Waals surface area contributed by atoms with E-state index in [0.717, 1.165) is 38.0 Å². The maximum absolute atomic E-state index is 10.4. The van der Waals surface area contributed by atoms with Gasteiger partial charge < -0.3 is 16.2 Å². The molecule has 29 heavy (non-hydrogen) atoms. The van der Waals surface area contributed by atoms with Crippen LogP contribution in [0.4, 0.5) is 5.69 Å². The number of hydrogen-bond acceptors (Lipinski definition) is 3. The van der Waals surface area contributed by atoms with Crippen molar-refractivity contribution in [3.63, 3.8) is 0 Å². The lowest BCUT2D eigenvalue weighted by molar-refractivity contribution is 0.112. The van der Waals surface area contributed by atoms with Crippen LogP contribution < -0.4 is 11.1 Å². The summed E-state index contributed by atoms with van der Waals surface area (Å²) in [5.74, 6) is 0.377. The van der Waals surface area contributed by atoms with Crippen molar-refractivity contribution in [2.75, 3.05) is 25.0 Å². The van der Waals surface area contributed by atoms with Crippen molar-refractivity contribution in [3.05, 3.63) is 64.7 Å². The first kappa shape index (κ1) is 22.1. The summed E-state index contributed by atoms with van der Waals surface area (Å²) in [4.78, 5) is 6.68. The zero-order chi connectivity index (χ0) is 19.3. The van der Waals surface area contributed by atoms with Gasteiger partial charge in [-0.15, -0.1) is 24.0 Å². The van der Waals surface area contributed by atoms with Gasteiger partial charge in [-0.05, 0) is 60.4 Å². The predicted molar refractivity (Wildman–Crippen MR) is 130 cm³/mol. The van der Waals surface area contributed by atoms with Crippen molar-refractivity contribution in [1.82, 2.24) is 4.90 Å². The molecule has 1 aliphatic heterocycles. The summed E-state index contributed by atoms with van der Waals surface area (Å²) in [6.45, 7) is 2.79. The largest absolute Gasteiger partial charge is 0.390 e. The highest BCUT2D eigenvalue weighted by Gasteiger charge is 2.18. The number of aliphatic imine (C=N–C) groups is 1. The molecule has 2 aromatic rings. The molecule has 2 aliphatic rings. The molecule has 6 heteroatoms. The highest BCUT2D eigenvalue weighted by atomic mass is 127. The average molecular weight is 506 g/mol. The molecule has 0 bridgehead atoms. The minimum absolute atomic E-state index is 0. The number of nitrogens with two attached hydrogens (primary N) is 1. The normalized spacial score (nSPS) is 17.6. The maximum atomic E-state index is 10.4. The molecule has 0 amide bonds. The third kappa shape index (κ3) is 5.71. The van der Waals surface area contributed by atoms with Gasteiger partial charge in [0.05, 0.1) is 12.6 Å². The molecule has 4 N–H and O–H groups in total. The van der Waals surface area contributed by atoms with Gasteiger partial charge in [-0.25, -0.2) is 0 Å². The number of rotatable bonds is 5. The number of β-amino-alcohol motifs (C(OH)–C–C–N with tert-alkyl or cyclic N) is 1. The molecule has 0 saturated heterocycles. The first-order chi connectivity index (χ1) is 13.7. The molecule has 5 nitrogen and oxygen atoms in total. The fraction of sp³-hybridized carbons (Fsp3) is 0.435. The van der Waals surface area contributed by atoms with E-state index in [1.807, 2.05) is 0 Å². The Hall–Kier alpha value is -1.64. The molecule has 1 aliphatic carbocycles. The summed E-state index contributed by atoms with van der Waals surface area (Å²) < 4.78 is 0. The number of aliphatic hydroxyl groups excluding tert-OH is 1. The minimum atomic E-state index is -0.518. The van der Waals surface area contributed by atoms with Crippen LogP contribution in [-0.2, 0) is 25.8 Å². The van der Waals surface area contributed by atoms with Gasteiger partial charge in [-0.1, -0.05) is 36.4 Å². The van der Waals surface area contributed by atoms with Crippen molar-refractivity contribution >= 4 is 35.6 Å². The van der Waals surface area contributed by atoms with E-state index in [4.69, 9.17) is 5.73 Å². The Morgan fingerprint density at radius 3 is 2.66 bits per heavy atom. The van der Waals surface area contributed by atoms with Crippen LogP contribution in [0.5, 0.6) is 0 Å². The number of guanidine groups is 1. The first-order valence-corrected chi connectivity index (χ1v) is 10.3. The molecule has 4 rings (SSSR count). The summed E-state index contributed by atoms with van der Waals surface area (Å²) in [6.07, 6.45) is 5.22. The lowest BCUT2D eigenvalue weighted by Gasteiger charge is -2.30. The van der Waals surface area contributed by atoms with Crippen LogP contribution in [0.2, 0.25) is 0 Å². The summed E-state index contributed by atoms with van der Waals surface area (Å²) in [5, 5.41) is 13.7. The number of benzene rings is 2. The molecule has 0 saturated carbocycles. The Labute approximate surface area is 190 Å². The second-order valence-corrected chi connectivity index (χ2v) is 7.91. The third-order valence-corrected chi connectivity index (χ3v) is 5.81. The number of anilines is 1. The summed E-state index contributed by atoms with van der Waals surface area (Å²) in [7, 11) is 0. The average Bonchev–Trinajstić information content (AvgIpc) is 2.72. The molecule has 1 unspecified atom stereocenters. The lowest BCUT2D eigenvalue weighted by Crippen LogP contribution is -2.38. The quantitative estimate of drug-likeness (QED) is 0.331. The zero-order valence-electron chi connectivity index (χ0n) is 16.8. The fourth-order valence-electron chi connectivity index (χ4n) is 4.35. The van der Waals surface area contributed by atoms with Crippen LogP contribution >= 0.6 is 24.0 Å². The third-order valence-electron chi connectivity index (χ3n) is 5.81. The van der Waals surface area contributed by atoms with E-state index in [0.29, 0.717) is 19.0 Å². The molecular weight excluding hydrogens is 475 g/mol. The van der Waals surface area contributed by atoms with Crippen molar-refractivity contribution in [2.45, 2.75) is 44.8 Å². The molecular formula is C23H31IN4O. The number of fused-ring (bicyclic) bond motifs is 2. The van der Waals surface area contributed by atoms with Crippen molar-refractivity contribution in [2.24, 2.45) is 10.7 Å². The number of hydrogen-bond donors (Lipinski definition) is 3. The second kappa shape index (κ2) is 10.4. The van der Waals surface area contributed by atoms with E-state index >= 15 is 0 Å². The van der Waals surface area contributed by atoms with E-state index in [-0.39, 0.29) is 24.0 Å². The van der Waals surface area contributed by atoms with Crippen LogP contribution in [0.15, 0.2) is 47.5 Å². The number of nitrogens with one attached hydrogen (secondary N) is 1.